The minimum Gasteiger partial charge on any atom is -0.493 e. The first-order valence-corrected chi connectivity index (χ1v) is 4.27. The van der Waals surface area contributed by atoms with E-state index in [1.807, 2.05) is 31.2 Å². The Morgan fingerprint density at radius 1 is 1.31 bits per heavy atom. The highest BCUT2D eigenvalue weighted by Gasteiger charge is 2.05. The molecule has 0 radical (unpaired) electrons. The molecule has 3 heteroatoms. The molecule has 0 saturated heterocycles. The standard InChI is InChI=1S/C10H15NO2/c1-8(7-11)13-10-6-4-3-5-9(10)12-2/h3-6,8H,7,11H2,1-2H3. The quantitative estimate of drug-likeness (QED) is 0.764. The molecule has 0 spiro atoms. The van der Waals surface area contributed by atoms with Crippen LogP contribution in [0.5, 0.6) is 11.5 Å². The third-order valence-electron chi connectivity index (χ3n) is 1.73. The first-order valence-electron chi connectivity index (χ1n) is 4.27. The lowest BCUT2D eigenvalue weighted by atomic mass is 10.3. The van der Waals surface area contributed by atoms with Gasteiger partial charge < -0.3 is 15.2 Å². The van der Waals surface area contributed by atoms with Gasteiger partial charge in [-0.2, -0.15) is 0 Å². The molecule has 0 aliphatic carbocycles. The van der Waals surface area contributed by atoms with Crippen LogP contribution in [0.3, 0.4) is 0 Å². The minimum atomic E-state index is 0.0105. The smallest absolute Gasteiger partial charge is 0.161 e. The van der Waals surface area contributed by atoms with Gasteiger partial charge in [-0.25, -0.2) is 0 Å². The highest BCUT2D eigenvalue weighted by molar-refractivity contribution is 5.39. The Morgan fingerprint density at radius 2 is 1.92 bits per heavy atom. The van der Waals surface area contributed by atoms with Gasteiger partial charge in [0, 0.05) is 6.54 Å². The largest absolute Gasteiger partial charge is 0.493 e. The number of hydrogen-bond donors (Lipinski definition) is 1. The average Bonchev–Trinajstić information content (AvgIpc) is 2.18. The third kappa shape index (κ3) is 2.63. The van der Waals surface area contributed by atoms with Gasteiger partial charge in [-0.05, 0) is 19.1 Å². The molecule has 2 N–H and O–H groups in total. The van der Waals surface area contributed by atoms with Gasteiger partial charge in [0.05, 0.1) is 7.11 Å². The number of para-hydroxylation sites is 2. The summed E-state index contributed by atoms with van der Waals surface area (Å²) in [6.07, 6.45) is 0.0105. The summed E-state index contributed by atoms with van der Waals surface area (Å²) < 4.78 is 10.7. The molecule has 0 heterocycles. The second kappa shape index (κ2) is 4.72. The molecule has 1 aromatic rings. The molecule has 1 rings (SSSR count). The lowest BCUT2D eigenvalue weighted by Gasteiger charge is -2.14. The maximum atomic E-state index is 5.54. The molecule has 0 saturated carbocycles. The Morgan fingerprint density at radius 3 is 2.46 bits per heavy atom. The van der Waals surface area contributed by atoms with Crippen molar-refractivity contribution < 1.29 is 9.47 Å². The van der Waals surface area contributed by atoms with Crippen molar-refractivity contribution in [1.29, 1.82) is 0 Å². The monoisotopic (exact) mass is 181 g/mol. The van der Waals surface area contributed by atoms with E-state index in [0.29, 0.717) is 6.54 Å². The third-order valence-corrected chi connectivity index (χ3v) is 1.73. The number of methoxy groups -OCH3 is 1. The van der Waals surface area contributed by atoms with E-state index in [9.17, 15) is 0 Å². The number of benzene rings is 1. The Hall–Kier alpha value is -1.22. The van der Waals surface area contributed by atoms with Gasteiger partial charge in [-0.3, -0.25) is 0 Å². The predicted octanol–water partition coefficient (Wildman–Crippen LogP) is 1.42. The van der Waals surface area contributed by atoms with Crippen molar-refractivity contribution in [1.82, 2.24) is 0 Å². The maximum absolute atomic E-state index is 5.54. The zero-order chi connectivity index (χ0) is 9.68. The van der Waals surface area contributed by atoms with E-state index in [1.165, 1.54) is 0 Å². The maximum Gasteiger partial charge on any atom is 0.161 e. The van der Waals surface area contributed by atoms with Crippen LogP contribution in [0.1, 0.15) is 6.92 Å². The molecular weight excluding hydrogens is 166 g/mol. The van der Waals surface area contributed by atoms with Crippen molar-refractivity contribution in [2.45, 2.75) is 13.0 Å². The van der Waals surface area contributed by atoms with Gasteiger partial charge in [0.15, 0.2) is 11.5 Å². The minimum absolute atomic E-state index is 0.0105. The molecule has 0 bridgehead atoms. The molecule has 13 heavy (non-hydrogen) atoms. The highest BCUT2D eigenvalue weighted by Crippen LogP contribution is 2.26. The van der Waals surface area contributed by atoms with Crippen molar-refractivity contribution >= 4 is 0 Å². The molecule has 72 valence electrons. The number of ether oxygens (including phenoxy) is 2. The van der Waals surface area contributed by atoms with Crippen molar-refractivity contribution in [3.8, 4) is 11.5 Å². The summed E-state index contributed by atoms with van der Waals surface area (Å²) in [6, 6.07) is 7.53. The van der Waals surface area contributed by atoms with E-state index >= 15 is 0 Å². The molecule has 0 aliphatic heterocycles. The molecule has 1 unspecified atom stereocenters. The predicted molar refractivity (Wildman–Crippen MR) is 52.1 cm³/mol. The fraction of sp³-hybridized carbons (Fsp3) is 0.400. The van der Waals surface area contributed by atoms with Gasteiger partial charge >= 0.3 is 0 Å². The first kappa shape index (κ1) is 9.86. The van der Waals surface area contributed by atoms with E-state index in [0.717, 1.165) is 11.5 Å². The fourth-order valence-electron chi connectivity index (χ4n) is 0.981. The van der Waals surface area contributed by atoms with Gasteiger partial charge in [0.1, 0.15) is 6.10 Å². The van der Waals surface area contributed by atoms with Crippen molar-refractivity contribution in [2.75, 3.05) is 13.7 Å². The lowest BCUT2D eigenvalue weighted by molar-refractivity contribution is 0.219. The molecule has 3 nitrogen and oxygen atoms in total. The average molecular weight is 181 g/mol. The van der Waals surface area contributed by atoms with E-state index < -0.39 is 0 Å². The van der Waals surface area contributed by atoms with Gasteiger partial charge in [0.25, 0.3) is 0 Å². The molecule has 0 aliphatic rings. The van der Waals surface area contributed by atoms with Gasteiger partial charge in [0.2, 0.25) is 0 Å². The van der Waals surface area contributed by atoms with E-state index in [2.05, 4.69) is 0 Å². The summed E-state index contributed by atoms with van der Waals surface area (Å²) in [5.74, 6) is 1.48. The number of hydrogen-bond acceptors (Lipinski definition) is 3. The molecule has 0 fully saturated rings. The van der Waals surface area contributed by atoms with Crippen LogP contribution in [0.4, 0.5) is 0 Å². The fourth-order valence-corrected chi connectivity index (χ4v) is 0.981. The summed E-state index contributed by atoms with van der Waals surface area (Å²) in [5, 5.41) is 0. The van der Waals surface area contributed by atoms with E-state index in [-0.39, 0.29) is 6.10 Å². The lowest BCUT2D eigenvalue weighted by Crippen LogP contribution is -2.22. The van der Waals surface area contributed by atoms with Crippen LogP contribution in [0.2, 0.25) is 0 Å². The summed E-state index contributed by atoms with van der Waals surface area (Å²) in [4.78, 5) is 0. The molecule has 1 atom stereocenters. The van der Waals surface area contributed by atoms with Gasteiger partial charge in [-0.15, -0.1) is 0 Å². The van der Waals surface area contributed by atoms with Crippen LogP contribution in [-0.4, -0.2) is 19.8 Å². The van der Waals surface area contributed by atoms with Crippen LogP contribution in [0, 0.1) is 0 Å². The number of rotatable bonds is 4. The topological polar surface area (TPSA) is 44.5 Å². The Kier molecular flexibility index (Phi) is 3.58. The summed E-state index contributed by atoms with van der Waals surface area (Å²) in [7, 11) is 1.62. The molecule has 0 amide bonds. The first-order chi connectivity index (χ1) is 6.27. The second-order valence-corrected chi connectivity index (χ2v) is 2.82. The highest BCUT2D eigenvalue weighted by atomic mass is 16.5. The van der Waals surface area contributed by atoms with Crippen LogP contribution in [-0.2, 0) is 0 Å². The summed E-state index contributed by atoms with van der Waals surface area (Å²) in [6.45, 7) is 2.42. The summed E-state index contributed by atoms with van der Waals surface area (Å²) >= 11 is 0. The Balaban J connectivity index is 2.74. The zero-order valence-corrected chi connectivity index (χ0v) is 7.99. The van der Waals surface area contributed by atoms with Crippen molar-refractivity contribution in [2.24, 2.45) is 5.73 Å². The van der Waals surface area contributed by atoms with Crippen LogP contribution in [0.25, 0.3) is 0 Å². The Labute approximate surface area is 78.5 Å². The van der Waals surface area contributed by atoms with Crippen molar-refractivity contribution in [3.05, 3.63) is 24.3 Å². The zero-order valence-electron chi connectivity index (χ0n) is 7.99. The Bertz CT molecular complexity index is 263. The number of nitrogens with two attached hydrogens (primary N) is 1. The normalized spacial score (nSPS) is 12.2. The van der Waals surface area contributed by atoms with Crippen LogP contribution >= 0.6 is 0 Å². The van der Waals surface area contributed by atoms with Crippen molar-refractivity contribution in [3.63, 3.8) is 0 Å². The summed E-state index contributed by atoms with van der Waals surface area (Å²) in [5.41, 5.74) is 5.45. The van der Waals surface area contributed by atoms with Crippen LogP contribution in [0.15, 0.2) is 24.3 Å². The molecular formula is C10H15NO2. The SMILES string of the molecule is COc1ccccc1OC(C)CN. The second-order valence-electron chi connectivity index (χ2n) is 2.82. The van der Waals surface area contributed by atoms with E-state index in [1.54, 1.807) is 7.11 Å². The van der Waals surface area contributed by atoms with E-state index in [4.69, 9.17) is 15.2 Å². The molecule has 1 aromatic carbocycles. The molecule has 0 aromatic heterocycles. The van der Waals surface area contributed by atoms with Gasteiger partial charge in [-0.1, -0.05) is 12.1 Å². The van der Waals surface area contributed by atoms with Crippen LogP contribution < -0.4 is 15.2 Å².